The summed E-state index contributed by atoms with van der Waals surface area (Å²) in [6.07, 6.45) is 9.65. The van der Waals surface area contributed by atoms with Crippen molar-refractivity contribution in [3.05, 3.63) is 0 Å². The van der Waals surface area contributed by atoms with Crippen molar-refractivity contribution >= 4 is 11.9 Å². The molecule has 0 saturated heterocycles. The summed E-state index contributed by atoms with van der Waals surface area (Å²) in [6, 6.07) is 0. The van der Waals surface area contributed by atoms with Crippen LogP contribution in [0.2, 0.25) is 0 Å². The molecule has 0 aromatic heterocycles. The van der Waals surface area contributed by atoms with Gasteiger partial charge in [-0.3, -0.25) is 5.41 Å². The van der Waals surface area contributed by atoms with Gasteiger partial charge in [-0.15, -0.1) is 0 Å². The topological polar surface area (TPSA) is 91.5 Å². The molecular weight excluding hydrogens is 238 g/mol. The second kappa shape index (κ2) is 11.8. The van der Waals surface area contributed by atoms with E-state index in [-0.39, 0.29) is 5.96 Å². The zero-order chi connectivity index (χ0) is 14.5. The summed E-state index contributed by atoms with van der Waals surface area (Å²) in [5.41, 5.74) is 11.2. The van der Waals surface area contributed by atoms with Crippen LogP contribution >= 0.6 is 0 Å². The van der Waals surface area contributed by atoms with Gasteiger partial charge < -0.3 is 16.4 Å². The van der Waals surface area contributed by atoms with Crippen molar-refractivity contribution in [3.63, 3.8) is 0 Å². The van der Waals surface area contributed by atoms with Gasteiger partial charge in [0.05, 0.1) is 0 Å². The predicted octanol–water partition coefficient (Wildman–Crippen LogP) is 2.66. The standard InChI is InChI=1S/C14H31N5/c1-3-5-7-9-11-19(12-10-8-6-4-2)14(17)18-13(15)16/h3-12H2,1-2H3,(H5,15,16,17,18). The maximum Gasteiger partial charge on any atom is 0.215 e. The first-order valence-corrected chi connectivity index (χ1v) is 7.54. The Balaban J connectivity index is 4.17. The van der Waals surface area contributed by atoms with E-state index in [9.17, 15) is 0 Å². The Morgan fingerprint density at radius 2 is 1.37 bits per heavy atom. The van der Waals surface area contributed by atoms with Gasteiger partial charge in [-0.05, 0) is 12.8 Å². The highest BCUT2D eigenvalue weighted by Crippen LogP contribution is 2.05. The minimum absolute atomic E-state index is 0.218. The third-order valence-corrected chi connectivity index (χ3v) is 3.12. The molecule has 19 heavy (non-hydrogen) atoms. The molecule has 0 amide bonds. The van der Waals surface area contributed by atoms with E-state index in [0.29, 0.717) is 5.96 Å². The maximum absolute atomic E-state index is 7.19. The van der Waals surface area contributed by atoms with Gasteiger partial charge in [0.2, 0.25) is 5.96 Å². The number of nitrogens with one attached hydrogen (secondary N) is 1. The average Bonchev–Trinajstić information content (AvgIpc) is 2.36. The lowest BCUT2D eigenvalue weighted by Crippen LogP contribution is -2.40. The summed E-state index contributed by atoms with van der Waals surface area (Å²) in [5, 5.41) is 7.19. The number of hydrogen-bond acceptors (Lipinski definition) is 1. The number of nitrogens with two attached hydrogens (primary N) is 2. The van der Waals surface area contributed by atoms with E-state index in [4.69, 9.17) is 16.9 Å². The van der Waals surface area contributed by atoms with Crippen LogP contribution in [-0.2, 0) is 0 Å². The third kappa shape index (κ3) is 10.4. The number of hydrogen-bond donors (Lipinski definition) is 3. The van der Waals surface area contributed by atoms with Crippen LogP contribution < -0.4 is 11.5 Å². The summed E-state index contributed by atoms with van der Waals surface area (Å²) in [7, 11) is 0. The van der Waals surface area contributed by atoms with Crippen LogP contribution in [0.3, 0.4) is 0 Å². The Morgan fingerprint density at radius 1 is 0.895 bits per heavy atom. The number of nitrogens with zero attached hydrogens (tertiary/aromatic N) is 2. The highest BCUT2D eigenvalue weighted by atomic mass is 15.3. The Morgan fingerprint density at radius 3 is 1.74 bits per heavy atom. The summed E-state index contributed by atoms with van der Waals surface area (Å²) in [4.78, 5) is 5.92. The van der Waals surface area contributed by atoms with Gasteiger partial charge >= 0.3 is 0 Å². The molecule has 0 aliphatic rings. The van der Waals surface area contributed by atoms with Crippen LogP contribution in [0.5, 0.6) is 0 Å². The van der Waals surface area contributed by atoms with Crippen LogP contribution in [-0.4, -0.2) is 29.9 Å². The van der Waals surface area contributed by atoms with E-state index in [0.717, 1.165) is 25.9 Å². The van der Waals surface area contributed by atoms with Crippen molar-refractivity contribution in [2.75, 3.05) is 13.1 Å². The fraction of sp³-hybridized carbons (Fsp3) is 0.857. The lowest BCUT2D eigenvalue weighted by Gasteiger charge is -2.23. The average molecular weight is 269 g/mol. The van der Waals surface area contributed by atoms with E-state index in [1.54, 1.807) is 0 Å². The Kier molecular flexibility index (Phi) is 11.0. The van der Waals surface area contributed by atoms with Crippen molar-refractivity contribution in [1.29, 1.82) is 5.41 Å². The normalized spacial score (nSPS) is 11.6. The van der Waals surface area contributed by atoms with Crippen LogP contribution in [0, 0.1) is 5.41 Å². The highest BCUT2D eigenvalue weighted by molar-refractivity contribution is 5.91. The summed E-state index contributed by atoms with van der Waals surface area (Å²) in [5.74, 6) is 0.171. The summed E-state index contributed by atoms with van der Waals surface area (Å²) >= 11 is 0. The summed E-state index contributed by atoms with van der Waals surface area (Å²) in [6.45, 7) is 6.23. The van der Waals surface area contributed by atoms with Crippen LogP contribution in [0.4, 0.5) is 0 Å². The molecular formula is C14H31N5. The van der Waals surface area contributed by atoms with Gasteiger partial charge in [0.25, 0.3) is 0 Å². The predicted molar refractivity (Wildman–Crippen MR) is 83.4 cm³/mol. The molecule has 0 atom stereocenters. The zero-order valence-corrected chi connectivity index (χ0v) is 12.6. The largest absolute Gasteiger partial charge is 0.369 e. The Hall–Kier alpha value is -1.26. The molecule has 0 rings (SSSR count). The molecule has 5 heteroatoms. The molecule has 5 N–H and O–H groups in total. The van der Waals surface area contributed by atoms with Crippen molar-refractivity contribution in [2.45, 2.75) is 65.2 Å². The van der Waals surface area contributed by atoms with Crippen LogP contribution in [0.1, 0.15) is 65.2 Å². The smallest absolute Gasteiger partial charge is 0.215 e. The molecule has 0 heterocycles. The van der Waals surface area contributed by atoms with Crippen molar-refractivity contribution in [3.8, 4) is 0 Å². The number of unbranched alkanes of at least 4 members (excludes halogenated alkanes) is 6. The third-order valence-electron chi connectivity index (χ3n) is 3.12. The lowest BCUT2D eigenvalue weighted by molar-refractivity contribution is 0.383. The van der Waals surface area contributed by atoms with E-state index in [1.165, 1.54) is 38.5 Å². The molecule has 112 valence electrons. The SMILES string of the molecule is CCCCCCN(CCCCCC)C(N)=NC(=N)N. The maximum atomic E-state index is 7.19. The van der Waals surface area contributed by atoms with Gasteiger partial charge in [-0.1, -0.05) is 52.4 Å². The quantitative estimate of drug-likeness (QED) is 0.323. The molecule has 0 saturated carbocycles. The van der Waals surface area contributed by atoms with E-state index < -0.39 is 0 Å². The van der Waals surface area contributed by atoms with E-state index in [2.05, 4.69) is 23.7 Å². The minimum Gasteiger partial charge on any atom is -0.369 e. The van der Waals surface area contributed by atoms with Gasteiger partial charge in [0.1, 0.15) is 0 Å². The molecule has 0 fully saturated rings. The first-order valence-electron chi connectivity index (χ1n) is 7.54. The van der Waals surface area contributed by atoms with Gasteiger partial charge in [-0.25, -0.2) is 0 Å². The zero-order valence-electron chi connectivity index (χ0n) is 12.6. The number of aliphatic imine (C=N–C) groups is 1. The molecule has 0 aliphatic carbocycles. The Labute approximate surface area is 118 Å². The molecule has 0 unspecified atom stereocenters. The number of guanidine groups is 2. The first kappa shape index (κ1) is 17.7. The second-order valence-corrected chi connectivity index (χ2v) is 4.96. The minimum atomic E-state index is -0.218. The van der Waals surface area contributed by atoms with E-state index >= 15 is 0 Å². The molecule has 0 aromatic carbocycles. The van der Waals surface area contributed by atoms with Crippen molar-refractivity contribution < 1.29 is 0 Å². The highest BCUT2D eigenvalue weighted by Gasteiger charge is 2.07. The van der Waals surface area contributed by atoms with Gasteiger partial charge in [0.15, 0.2) is 5.96 Å². The monoisotopic (exact) mass is 269 g/mol. The van der Waals surface area contributed by atoms with Crippen molar-refractivity contribution in [1.82, 2.24) is 4.90 Å². The van der Waals surface area contributed by atoms with Crippen molar-refractivity contribution in [2.24, 2.45) is 16.5 Å². The summed E-state index contributed by atoms with van der Waals surface area (Å²) < 4.78 is 0. The van der Waals surface area contributed by atoms with Gasteiger partial charge in [-0.2, -0.15) is 4.99 Å². The van der Waals surface area contributed by atoms with E-state index in [1.807, 2.05) is 0 Å². The van der Waals surface area contributed by atoms with Crippen LogP contribution in [0.15, 0.2) is 4.99 Å². The Bertz CT molecular complexity index is 251. The second-order valence-electron chi connectivity index (χ2n) is 4.96. The molecule has 0 aromatic rings. The molecule has 0 bridgehead atoms. The van der Waals surface area contributed by atoms with Gasteiger partial charge in [0, 0.05) is 13.1 Å². The molecule has 0 radical (unpaired) electrons. The molecule has 0 spiro atoms. The number of rotatable bonds is 10. The molecule has 0 aliphatic heterocycles. The fourth-order valence-corrected chi connectivity index (χ4v) is 1.99. The fourth-order valence-electron chi connectivity index (χ4n) is 1.99. The lowest BCUT2D eigenvalue weighted by atomic mass is 10.2. The molecule has 5 nitrogen and oxygen atoms in total. The first-order chi connectivity index (χ1) is 9.11. The van der Waals surface area contributed by atoms with Crippen LogP contribution in [0.25, 0.3) is 0 Å².